The molecule has 0 bridgehead atoms. The molecule has 1 atom stereocenters. The number of hydrogen-bond donors (Lipinski definition) is 2. The van der Waals surface area contributed by atoms with Crippen LogP contribution < -0.4 is 10.0 Å². The van der Waals surface area contributed by atoms with Crippen LogP contribution in [0.5, 0.6) is 0 Å². The maximum Gasteiger partial charge on any atom is 0.255 e. The third kappa shape index (κ3) is 4.73. The number of ether oxygens (including phenoxy) is 1. The lowest BCUT2D eigenvalue weighted by molar-refractivity contribution is 0.102. The Morgan fingerprint density at radius 1 is 1.13 bits per heavy atom. The summed E-state index contributed by atoms with van der Waals surface area (Å²) >= 11 is 0. The Hall–Kier alpha value is -3.08. The van der Waals surface area contributed by atoms with Crippen molar-refractivity contribution in [3.63, 3.8) is 0 Å². The van der Waals surface area contributed by atoms with Crippen molar-refractivity contribution in [2.75, 3.05) is 18.5 Å². The number of rotatable bonds is 7. The molecule has 3 aromatic rings. The van der Waals surface area contributed by atoms with Gasteiger partial charge in [0.1, 0.15) is 12.7 Å². The van der Waals surface area contributed by atoms with Crippen LogP contribution in [0.1, 0.15) is 23.2 Å². The van der Waals surface area contributed by atoms with E-state index in [1.54, 1.807) is 47.6 Å². The summed E-state index contributed by atoms with van der Waals surface area (Å²) in [4.78, 5) is 12.7. The van der Waals surface area contributed by atoms with Crippen molar-refractivity contribution < 1.29 is 17.9 Å². The van der Waals surface area contributed by atoms with E-state index in [1.165, 1.54) is 12.1 Å². The molecule has 0 spiro atoms. The SMILES string of the molecule is O=C(Nc1cccc(-n2cnnc2)c1)c1cccc(S(=O)(=O)NCC2CCCO2)c1. The fourth-order valence-electron chi connectivity index (χ4n) is 3.18. The van der Waals surface area contributed by atoms with Gasteiger partial charge in [-0.3, -0.25) is 9.36 Å². The second-order valence-electron chi connectivity index (χ2n) is 6.89. The number of anilines is 1. The van der Waals surface area contributed by atoms with Gasteiger partial charge in [0, 0.05) is 24.4 Å². The summed E-state index contributed by atoms with van der Waals surface area (Å²) in [5.41, 5.74) is 1.59. The molecule has 0 radical (unpaired) electrons. The van der Waals surface area contributed by atoms with Crippen LogP contribution in [0.25, 0.3) is 5.69 Å². The van der Waals surface area contributed by atoms with Gasteiger partial charge in [0.05, 0.1) is 16.7 Å². The van der Waals surface area contributed by atoms with E-state index in [0.29, 0.717) is 12.3 Å². The molecule has 1 saturated heterocycles. The van der Waals surface area contributed by atoms with Gasteiger partial charge in [-0.25, -0.2) is 13.1 Å². The smallest absolute Gasteiger partial charge is 0.255 e. The highest BCUT2D eigenvalue weighted by Gasteiger charge is 2.21. The van der Waals surface area contributed by atoms with Gasteiger partial charge in [0.15, 0.2) is 0 Å². The zero-order valence-electron chi connectivity index (χ0n) is 16.1. The van der Waals surface area contributed by atoms with Gasteiger partial charge in [0.25, 0.3) is 5.91 Å². The van der Waals surface area contributed by atoms with Crippen LogP contribution in [0.4, 0.5) is 5.69 Å². The van der Waals surface area contributed by atoms with E-state index in [4.69, 9.17) is 4.74 Å². The zero-order chi connectivity index (χ0) is 21.0. The first kappa shape index (κ1) is 20.2. The Labute approximate surface area is 174 Å². The minimum absolute atomic E-state index is 0.0337. The zero-order valence-corrected chi connectivity index (χ0v) is 16.9. The van der Waals surface area contributed by atoms with Gasteiger partial charge in [0.2, 0.25) is 10.0 Å². The highest BCUT2D eigenvalue weighted by atomic mass is 32.2. The Kier molecular flexibility index (Phi) is 5.88. The van der Waals surface area contributed by atoms with E-state index in [1.807, 2.05) is 6.07 Å². The number of sulfonamides is 1. The standard InChI is InChI=1S/C20H21N5O4S/c26-20(24-16-5-2-6-17(11-16)25-13-21-22-14-25)15-4-1-8-19(10-15)30(27,28)23-12-18-7-3-9-29-18/h1-2,4-6,8,10-11,13-14,18,23H,3,7,9,12H2,(H,24,26). The quantitative estimate of drug-likeness (QED) is 0.596. The summed E-state index contributed by atoms with van der Waals surface area (Å²) < 4.78 is 34.9. The van der Waals surface area contributed by atoms with Crippen molar-refractivity contribution in [1.29, 1.82) is 0 Å². The molecular weight excluding hydrogens is 406 g/mol. The number of nitrogens with one attached hydrogen (secondary N) is 2. The molecule has 0 saturated carbocycles. The Bertz CT molecular complexity index is 1130. The van der Waals surface area contributed by atoms with Crippen LogP contribution in [-0.2, 0) is 14.8 Å². The number of nitrogens with zero attached hydrogens (tertiary/aromatic N) is 3. The Morgan fingerprint density at radius 2 is 1.93 bits per heavy atom. The molecule has 2 aromatic carbocycles. The predicted molar refractivity (Wildman–Crippen MR) is 110 cm³/mol. The van der Waals surface area contributed by atoms with Crippen LogP contribution in [-0.4, -0.2) is 48.3 Å². The molecule has 156 valence electrons. The lowest BCUT2D eigenvalue weighted by atomic mass is 10.2. The summed E-state index contributed by atoms with van der Waals surface area (Å²) in [6.07, 6.45) is 4.77. The Morgan fingerprint density at radius 3 is 2.70 bits per heavy atom. The van der Waals surface area contributed by atoms with Crippen molar-refractivity contribution in [3.05, 3.63) is 66.7 Å². The monoisotopic (exact) mass is 427 g/mol. The maximum absolute atomic E-state index is 12.7. The van der Waals surface area contributed by atoms with Crippen molar-refractivity contribution >= 4 is 21.6 Å². The Balaban J connectivity index is 1.47. The first-order valence-corrected chi connectivity index (χ1v) is 11.0. The molecule has 30 heavy (non-hydrogen) atoms. The first-order valence-electron chi connectivity index (χ1n) is 9.49. The van der Waals surface area contributed by atoms with Gasteiger partial charge >= 0.3 is 0 Å². The van der Waals surface area contributed by atoms with Crippen LogP contribution in [0.2, 0.25) is 0 Å². The lowest BCUT2D eigenvalue weighted by Gasteiger charge is -2.12. The van der Waals surface area contributed by atoms with Crippen LogP contribution in [0.15, 0.2) is 66.1 Å². The summed E-state index contributed by atoms with van der Waals surface area (Å²) in [5.74, 6) is -0.410. The van der Waals surface area contributed by atoms with Crippen molar-refractivity contribution in [3.8, 4) is 5.69 Å². The molecule has 1 aliphatic rings. The maximum atomic E-state index is 12.7. The summed E-state index contributed by atoms with van der Waals surface area (Å²) in [7, 11) is -3.74. The third-order valence-electron chi connectivity index (χ3n) is 4.75. The van der Waals surface area contributed by atoms with Crippen LogP contribution in [0, 0.1) is 0 Å². The van der Waals surface area contributed by atoms with E-state index >= 15 is 0 Å². The predicted octanol–water partition coefficient (Wildman–Crippen LogP) is 1.98. The summed E-state index contributed by atoms with van der Waals surface area (Å²) in [6, 6.07) is 13.1. The fraction of sp³-hybridized carbons (Fsp3) is 0.250. The van der Waals surface area contributed by atoms with E-state index in [9.17, 15) is 13.2 Å². The minimum atomic E-state index is -3.74. The highest BCUT2D eigenvalue weighted by molar-refractivity contribution is 7.89. The van der Waals surface area contributed by atoms with Crippen LogP contribution >= 0.6 is 0 Å². The second-order valence-corrected chi connectivity index (χ2v) is 8.66. The van der Waals surface area contributed by atoms with E-state index in [0.717, 1.165) is 18.5 Å². The van der Waals surface area contributed by atoms with Gasteiger partial charge in [-0.1, -0.05) is 12.1 Å². The molecule has 2 heterocycles. The number of hydrogen-bond acceptors (Lipinski definition) is 6. The second kappa shape index (κ2) is 8.74. The number of benzene rings is 2. The largest absolute Gasteiger partial charge is 0.377 e. The molecule has 1 unspecified atom stereocenters. The van der Waals surface area contributed by atoms with Crippen molar-refractivity contribution in [2.45, 2.75) is 23.8 Å². The van der Waals surface area contributed by atoms with Crippen molar-refractivity contribution in [1.82, 2.24) is 19.5 Å². The van der Waals surface area contributed by atoms with Gasteiger partial charge in [-0.15, -0.1) is 10.2 Å². The molecular formula is C20H21N5O4S. The molecule has 1 fully saturated rings. The number of amides is 1. The fourth-order valence-corrected chi connectivity index (χ4v) is 4.29. The molecule has 1 aliphatic heterocycles. The number of aromatic nitrogens is 3. The molecule has 10 heteroatoms. The highest BCUT2D eigenvalue weighted by Crippen LogP contribution is 2.18. The van der Waals surface area contributed by atoms with E-state index in [2.05, 4.69) is 20.2 Å². The van der Waals surface area contributed by atoms with Crippen molar-refractivity contribution in [2.24, 2.45) is 0 Å². The van der Waals surface area contributed by atoms with Gasteiger partial charge in [-0.2, -0.15) is 0 Å². The molecule has 4 rings (SSSR count). The molecule has 9 nitrogen and oxygen atoms in total. The molecule has 2 N–H and O–H groups in total. The van der Waals surface area contributed by atoms with E-state index < -0.39 is 15.9 Å². The average Bonchev–Trinajstić information content (AvgIpc) is 3.47. The number of carbonyl (C=O) groups excluding carboxylic acids is 1. The average molecular weight is 427 g/mol. The summed E-state index contributed by atoms with van der Waals surface area (Å²) in [5, 5.41) is 10.3. The minimum Gasteiger partial charge on any atom is -0.377 e. The van der Waals surface area contributed by atoms with Gasteiger partial charge < -0.3 is 10.1 Å². The third-order valence-corrected chi connectivity index (χ3v) is 6.17. The molecule has 1 amide bonds. The normalized spacial score (nSPS) is 16.5. The molecule has 0 aliphatic carbocycles. The van der Waals surface area contributed by atoms with Gasteiger partial charge in [-0.05, 0) is 49.2 Å². The topological polar surface area (TPSA) is 115 Å². The number of carbonyl (C=O) groups is 1. The van der Waals surface area contributed by atoms with E-state index in [-0.39, 0.29) is 23.1 Å². The summed E-state index contributed by atoms with van der Waals surface area (Å²) in [6.45, 7) is 0.870. The lowest BCUT2D eigenvalue weighted by Crippen LogP contribution is -2.32. The van der Waals surface area contributed by atoms with Crippen LogP contribution in [0.3, 0.4) is 0 Å². The first-order chi connectivity index (χ1) is 14.5. The molecule has 1 aromatic heterocycles.